The predicted molar refractivity (Wildman–Crippen MR) is 66.8 cm³/mol. The fourth-order valence-electron chi connectivity index (χ4n) is 2.00. The lowest BCUT2D eigenvalue weighted by molar-refractivity contribution is -0.120. The lowest BCUT2D eigenvalue weighted by Crippen LogP contribution is -2.41. The van der Waals surface area contributed by atoms with Crippen molar-refractivity contribution in [2.75, 3.05) is 31.8 Å². The van der Waals surface area contributed by atoms with Gasteiger partial charge in [-0.15, -0.1) is 0 Å². The first-order chi connectivity index (χ1) is 8.10. The van der Waals surface area contributed by atoms with Crippen LogP contribution >= 0.6 is 15.9 Å². The number of ether oxygens (including phenoxy) is 2. The number of carbonyl (C=O) groups is 1. The van der Waals surface area contributed by atoms with Gasteiger partial charge in [0.05, 0.1) is 23.2 Å². The number of nitrogens with zero attached hydrogens (tertiary/aromatic N) is 1. The van der Waals surface area contributed by atoms with Crippen molar-refractivity contribution < 1.29 is 14.3 Å². The fraction of sp³-hybridized carbons (Fsp3) is 0.417. The molecule has 0 N–H and O–H groups in total. The minimum absolute atomic E-state index is 0.0249. The van der Waals surface area contributed by atoms with Gasteiger partial charge in [0.25, 0.3) is 5.91 Å². The van der Waals surface area contributed by atoms with E-state index in [1.807, 2.05) is 18.2 Å². The molecule has 17 heavy (non-hydrogen) atoms. The molecule has 0 unspecified atom stereocenters. The molecule has 1 amide bonds. The summed E-state index contributed by atoms with van der Waals surface area (Å²) in [7, 11) is 1.77. The normalized spacial score (nSPS) is 21.5. The number of carbonyl (C=O) groups excluding carboxylic acids is 1. The van der Waals surface area contributed by atoms with Gasteiger partial charge in [-0.1, -0.05) is 22.0 Å². The van der Waals surface area contributed by atoms with Crippen LogP contribution in [-0.2, 0) is 13.9 Å². The summed E-state index contributed by atoms with van der Waals surface area (Å²) in [5.41, 5.74) is 1.94. The Balaban J connectivity index is 2.03. The molecule has 0 aliphatic carbocycles. The largest absolute Gasteiger partial charge is 0.482 e. The Morgan fingerprint density at radius 2 is 2.18 bits per heavy atom. The highest BCUT2D eigenvalue weighted by Gasteiger charge is 2.38. The summed E-state index contributed by atoms with van der Waals surface area (Å²) in [6, 6.07) is 5.92. The van der Waals surface area contributed by atoms with E-state index < -0.39 is 0 Å². The quantitative estimate of drug-likeness (QED) is 0.740. The number of halogens is 1. The zero-order valence-corrected chi connectivity index (χ0v) is 11.0. The average Bonchev–Trinajstić information content (AvgIpc) is 2.31. The molecule has 1 aromatic carbocycles. The third kappa shape index (κ3) is 1.65. The molecule has 0 bridgehead atoms. The van der Waals surface area contributed by atoms with Gasteiger partial charge in [-0.05, 0) is 17.7 Å². The summed E-state index contributed by atoms with van der Waals surface area (Å²) < 4.78 is 10.5. The SMILES string of the molecule is CN1C(=O)COc2ccc(C3(Br)COC3)cc21. The maximum atomic E-state index is 11.6. The third-order valence-electron chi connectivity index (χ3n) is 3.22. The standard InChI is InChI=1S/C12H12BrNO3/c1-14-9-4-8(12(13)6-16-7-12)2-3-10(9)17-5-11(14)15/h2-4H,5-7H2,1H3. The van der Waals surface area contributed by atoms with E-state index in [4.69, 9.17) is 9.47 Å². The molecule has 1 aromatic rings. The first kappa shape index (κ1) is 11.0. The smallest absolute Gasteiger partial charge is 0.264 e. The van der Waals surface area contributed by atoms with Crippen LogP contribution in [0.1, 0.15) is 5.56 Å². The lowest BCUT2D eigenvalue weighted by Gasteiger charge is -2.37. The highest BCUT2D eigenvalue weighted by atomic mass is 79.9. The van der Waals surface area contributed by atoms with Crippen molar-refractivity contribution in [3.05, 3.63) is 23.8 Å². The van der Waals surface area contributed by atoms with Crippen LogP contribution in [0.3, 0.4) is 0 Å². The van der Waals surface area contributed by atoms with Gasteiger partial charge in [0.1, 0.15) is 5.75 Å². The van der Waals surface area contributed by atoms with Crippen LogP contribution in [0.25, 0.3) is 0 Å². The van der Waals surface area contributed by atoms with E-state index in [0.717, 1.165) is 17.0 Å². The Hall–Kier alpha value is -1.07. The monoisotopic (exact) mass is 297 g/mol. The van der Waals surface area contributed by atoms with Crippen LogP contribution in [0, 0.1) is 0 Å². The minimum atomic E-state index is -0.108. The molecule has 0 radical (unpaired) electrons. The van der Waals surface area contributed by atoms with Crippen molar-refractivity contribution >= 4 is 27.5 Å². The highest BCUT2D eigenvalue weighted by molar-refractivity contribution is 9.09. The van der Waals surface area contributed by atoms with Gasteiger partial charge in [0.2, 0.25) is 0 Å². The molecule has 4 nitrogen and oxygen atoms in total. The average molecular weight is 298 g/mol. The van der Waals surface area contributed by atoms with Crippen molar-refractivity contribution in [2.24, 2.45) is 0 Å². The van der Waals surface area contributed by atoms with Crippen molar-refractivity contribution in [3.8, 4) is 5.75 Å². The van der Waals surface area contributed by atoms with Crippen molar-refractivity contribution in [1.82, 2.24) is 0 Å². The molecule has 3 rings (SSSR count). The number of rotatable bonds is 1. The molecule has 0 aromatic heterocycles. The molecule has 2 heterocycles. The molecular formula is C12H12BrNO3. The topological polar surface area (TPSA) is 38.8 Å². The summed E-state index contributed by atoms with van der Waals surface area (Å²) >= 11 is 3.67. The molecule has 0 spiro atoms. The van der Waals surface area contributed by atoms with Crippen LogP contribution in [0.2, 0.25) is 0 Å². The third-order valence-corrected chi connectivity index (χ3v) is 4.14. The fourth-order valence-corrected chi connectivity index (χ4v) is 2.57. The number of benzene rings is 1. The number of likely N-dealkylation sites (N-methyl/N-ethyl adjacent to an activating group) is 1. The molecule has 0 saturated carbocycles. The predicted octanol–water partition coefficient (Wildman–Crippen LogP) is 1.66. The van der Waals surface area contributed by atoms with Gasteiger partial charge in [-0.3, -0.25) is 4.79 Å². The van der Waals surface area contributed by atoms with E-state index in [-0.39, 0.29) is 16.8 Å². The Labute approximate surface area is 108 Å². The van der Waals surface area contributed by atoms with Crippen molar-refractivity contribution in [1.29, 1.82) is 0 Å². The zero-order chi connectivity index (χ0) is 12.0. The number of hydrogen-bond acceptors (Lipinski definition) is 3. The maximum absolute atomic E-state index is 11.6. The summed E-state index contributed by atoms with van der Waals surface area (Å²) in [6.07, 6.45) is 0. The van der Waals surface area contributed by atoms with E-state index in [1.54, 1.807) is 11.9 Å². The molecule has 2 aliphatic heterocycles. The summed E-state index contributed by atoms with van der Waals surface area (Å²) in [4.78, 5) is 13.2. The van der Waals surface area contributed by atoms with Gasteiger partial charge in [0, 0.05) is 7.05 Å². The second-order valence-corrected chi connectivity index (χ2v) is 5.90. The number of fused-ring (bicyclic) bond motifs is 1. The summed E-state index contributed by atoms with van der Waals surface area (Å²) in [6.45, 7) is 1.43. The van der Waals surface area contributed by atoms with E-state index in [9.17, 15) is 4.79 Å². The molecule has 90 valence electrons. The van der Waals surface area contributed by atoms with Gasteiger partial charge < -0.3 is 14.4 Å². The molecule has 5 heteroatoms. The van der Waals surface area contributed by atoms with E-state index >= 15 is 0 Å². The summed E-state index contributed by atoms with van der Waals surface area (Å²) in [5.74, 6) is 0.732. The number of alkyl halides is 1. The summed E-state index contributed by atoms with van der Waals surface area (Å²) in [5, 5.41) is 0. The Kier molecular flexibility index (Phi) is 2.41. The second-order valence-electron chi connectivity index (χ2n) is 4.38. The van der Waals surface area contributed by atoms with Gasteiger partial charge in [-0.25, -0.2) is 0 Å². The first-order valence-electron chi connectivity index (χ1n) is 5.41. The Bertz CT molecular complexity index is 485. The van der Waals surface area contributed by atoms with Crippen LogP contribution in [-0.4, -0.2) is 32.8 Å². The number of amides is 1. The number of anilines is 1. The zero-order valence-electron chi connectivity index (χ0n) is 9.40. The molecule has 2 aliphatic rings. The maximum Gasteiger partial charge on any atom is 0.264 e. The lowest BCUT2D eigenvalue weighted by atomic mass is 9.96. The molecular weight excluding hydrogens is 286 g/mol. The van der Waals surface area contributed by atoms with E-state index in [0.29, 0.717) is 13.2 Å². The molecule has 1 saturated heterocycles. The van der Waals surface area contributed by atoms with Gasteiger partial charge >= 0.3 is 0 Å². The van der Waals surface area contributed by atoms with Crippen LogP contribution in [0.5, 0.6) is 5.75 Å². The first-order valence-corrected chi connectivity index (χ1v) is 6.20. The van der Waals surface area contributed by atoms with E-state index in [2.05, 4.69) is 15.9 Å². The van der Waals surface area contributed by atoms with Gasteiger partial charge in [0.15, 0.2) is 6.61 Å². The van der Waals surface area contributed by atoms with Crippen LogP contribution in [0.4, 0.5) is 5.69 Å². The Morgan fingerprint density at radius 1 is 1.41 bits per heavy atom. The molecule has 1 fully saturated rings. The van der Waals surface area contributed by atoms with Crippen LogP contribution < -0.4 is 9.64 Å². The van der Waals surface area contributed by atoms with Crippen molar-refractivity contribution in [2.45, 2.75) is 4.32 Å². The second kappa shape index (κ2) is 3.71. The molecule has 0 atom stereocenters. The van der Waals surface area contributed by atoms with E-state index in [1.165, 1.54) is 0 Å². The number of hydrogen-bond donors (Lipinski definition) is 0. The Morgan fingerprint density at radius 3 is 2.82 bits per heavy atom. The highest BCUT2D eigenvalue weighted by Crippen LogP contribution is 2.42. The van der Waals surface area contributed by atoms with Crippen molar-refractivity contribution in [3.63, 3.8) is 0 Å². The van der Waals surface area contributed by atoms with Gasteiger partial charge in [-0.2, -0.15) is 0 Å². The van der Waals surface area contributed by atoms with Crippen LogP contribution in [0.15, 0.2) is 18.2 Å². The minimum Gasteiger partial charge on any atom is -0.482 e.